The van der Waals surface area contributed by atoms with Gasteiger partial charge in [0, 0.05) is 17.3 Å². The van der Waals surface area contributed by atoms with E-state index in [1.807, 2.05) is 0 Å². The van der Waals surface area contributed by atoms with Crippen molar-refractivity contribution in [2.45, 2.75) is 38.8 Å². The Bertz CT molecular complexity index is 1690. The van der Waals surface area contributed by atoms with Gasteiger partial charge in [-0.1, -0.05) is 5.16 Å². The monoisotopic (exact) mass is 610 g/mol. The van der Waals surface area contributed by atoms with Crippen molar-refractivity contribution in [1.29, 1.82) is 0 Å². The number of hydrogen-bond donors (Lipinski definition) is 0. The van der Waals surface area contributed by atoms with Gasteiger partial charge in [-0.2, -0.15) is 18.2 Å². The summed E-state index contributed by atoms with van der Waals surface area (Å²) in [5.74, 6) is -2.68. The molecule has 0 spiro atoms. The molecule has 0 bridgehead atoms. The van der Waals surface area contributed by atoms with Crippen molar-refractivity contribution in [3.63, 3.8) is 0 Å². The predicted octanol–water partition coefficient (Wildman–Crippen LogP) is 4.23. The van der Waals surface area contributed by atoms with Gasteiger partial charge in [-0.05, 0) is 72.5 Å². The van der Waals surface area contributed by atoms with Crippen LogP contribution in [-0.2, 0) is 11.3 Å². The molecule has 0 atom stereocenters. The highest BCUT2D eigenvalue weighted by Crippen LogP contribution is 2.27. The minimum absolute atomic E-state index is 0.00899. The smallest absolute Gasteiger partial charge is 0.406 e. The zero-order valence-corrected chi connectivity index (χ0v) is 22.3. The normalized spacial score (nSPS) is 13.8. The zero-order valence-electron chi connectivity index (χ0n) is 22.3. The van der Waals surface area contributed by atoms with Crippen LogP contribution >= 0.6 is 0 Å². The molecule has 226 valence electrons. The van der Waals surface area contributed by atoms with Crippen LogP contribution in [0, 0.1) is 6.92 Å². The molecule has 1 aliphatic heterocycles. The van der Waals surface area contributed by atoms with Crippen LogP contribution in [0.4, 0.5) is 32.2 Å². The van der Waals surface area contributed by atoms with Gasteiger partial charge in [-0.15, -0.1) is 13.2 Å². The average molecular weight is 610 g/mol. The van der Waals surface area contributed by atoms with E-state index >= 15 is 0 Å². The van der Waals surface area contributed by atoms with Gasteiger partial charge in [0.1, 0.15) is 17.5 Å². The molecule has 1 fully saturated rings. The molecule has 5 rings (SSSR count). The molecule has 16 heteroatoms. The Kier molecular flexibility index (Phi) is 7.86. The second kappa shape index (κ2) is 11.4. The Hall–Kier alpha value is -4.89. The first-order chi connectivity index (χ1) is 20.3. The van der Waals surface area contributed by atoms with Gasteiger partial charge in [-0.25, -0.2) is 9.63 Å². The lowest BCUT2D eigenvalue weighted by Crippen LogP contribution is -2.53. The largest absolute Gasteiger partial charge is 0.573 e. The van der Waals surface area contributed by atoms with Crippen LogP contribution in [0.15, 0.2) is 64.0 Å². The molecule has 1 aromatic carbocycles. The number of hydrogen-bond acceptors (Lipinski definition) is 8. The maximum Gasteiger partial charge on any atom is 0.573 e. The molecule has 4 aromatic rings. The summed E-state index contributed by atoms with van der Waals surface area (Å²) >= 11 is 0. The third-order valence-corrected chi connectivity index (χ3v) is 6.54. The minimum atomic E-state index is -5.18. The molecular weight excluding hydrogens is 588 g/mol. The molecule has 0 N–H and O–H groups in total. The van der Waals surface area contributed by atoms with Gasteiger partial charge in [-0.3, -0.25) is 9.69 Å². The van der Waals surface area contributed by atoms with E-state index in [2.05, 4.69) is 19.7 Å². The number of pyridine rings is 2. The van der Waals surface area contributed by atoms with E-state index in [1.54, 1.807) is 24.0 Å². The number of carbonyl (C=O) groups excluding carboxylic acids is 1. The topological polar surface area (TPSA) is 104 Å². The molecule has 4 heterocycles. The second-order valence-electron chi connectivity index (χ2n) is 9.56. The molecule has 1 aliphatic rings. The second-order valence-corrected chi connectivity index (χ2v) is 9.56. The van der Waals surface area contributed by atoms with Crippen molar-refractivity contribution in [3.8, 4) is 28.6 Å². The fourth-order valence-electron chi connectivity index (χ4n) is 4.48. The number of anilines is 1. The van der Waals surface area contributed by atoms with Crippen molar-refractivity contribution in [2.24, 2.45) is 0 Å². The van der Waals surface area contributed by atoms with Crippen LogP contribution in [-0.4, -0.2) is 46.3 Å². The molecular formula is C27H22F6N5O5+. The Morgan fingerprint density at radius 2 is 1.72 bits per heavy atom. The van der Waals surface area contributed by atoms with Crippen LogP contribution in [0.2, 0.25) is 0 Å². The summed E-state index contributed by atoms with van der Waals surface area (Å²) in [6, 6.07) is 10.9. The van der Waals surface area contributed by atoms with E-state index in [4.69, 9.17) is 4.52 Å². The molecule has 43 heavy (non-hydrogen) atoms. The van der Waals surface area contributed by atoms with Crippen molar-refractivity contribution in [3.05, 3.63) is 76.3 Å². The highest BCUT2D eigenvalue weighted by molar-refractivity contribution is 5.75. The number of aryl methyl sites for hydroxylation is 1. The summed E-state index contributed by atoms with van der Waals surface area (Å²) in [5.41, 5.74) is 0.946. The Labute approximate surface area is 238 Å². The summed E-state index contributed by atoms with van der Waals surface area (Å²) < 4.78 is 87.1. The molecule has 0 amide bonds. The van der Waals surface area contributed by atoms with Crippen LogP contribution in [0.5, 0.6) is 5.75 Å². The summed E-state index contributed by atoms with van der Waals surface area (Å²) in [4.78, 5) is 35.6. The van der Waals surface area contributed by atoms with E-state index < -0.39 is 29.8 Å². The zero-order chi connectivity index (χ0) is 30.9. The summed E-state index contributed by atoms with van der Waals surface area (Å²) in [6.07, 6.45) is -7.24. The van der Waals surface area contributed by atoms with Gasteiger partial charge in [0.05, 0.1) is 19.6 Å². The molecule has 0 unspecified atom stereocenters. The molecule has 0 aliphatic carbocycles. The van der Waals surface area contributed by atoms with Crippen molar-refractivity contribution < 1.29 is 50.0 Å². The number of alkyl halides is 6. The first-order valence-electron chi connectivity index (χ1n) is 12.8. The summed E-state index contributed by atoms with van der Waals surface area (Å²) in [5, 5.41) is 3.82. The first-order valence-corrected chi connectivity index (χ1v) is 12.8. The quantitative estimate of drug-likeness (QED) is 0.226. The molecule has 0 radical (unpaired) electrons. The standard InChI is InChI=1S/C27H22F6N5O5/c1-16-4-9-20(23-34-22(35-42-23)18-5-7-19(8-6-18)41-27(31,32)33)24(39)37(16)15-17-10-13-38(43-25(40)26(28,29)30)21(14-17)36-11-2-3-12-36/h4-10,13-14H,2-3,11-12,15H2,1H3/q+1. The lowest BCUT2D eigenvalue weighted by molar-refractivity contribution is -0.860. The maximum atomic E-state index is 13.5. The van der Waals surface area contributed by atoms with Gasteiger partial charge in [0.2, 0.25) is 5.82 Å². The molecule has 3 aromatic heterocycles. The van der Waals surface area contributed by atoms with Gasteiger partial charge >= 0.3 is 24.3 Å². The van der Waals surface area contributed by atoms with Crippen LogP contribution < -0.4 is 24.8 Å². The minimum Gasteiger partial charge on any atom is -0.406 e. The van der Waals surface area contributed by atoms with Gasteiger partial charge in [0.25, 0.3) is 11.4 Å². The van der Waals surface area contributed by atoms with Crippen molar-refractivity contribution >= 4 is 11.8 Å². The maximum absolute atomic E-state index is 13.5. The Morgan fingerprint density at radius 3 is 2.37 bits per heavy atom. The molecule has 1 saturated heterocycles. The number of carbonyl (C=O) groups is 1. The fraction of sp³-hybridized carbons (Fsp3) is 0.296. The highest BCUT2D eigenvalue weighted by Gasteiger charge is 2.44. The van der Waals surface area contributed by atoms with E-state index in [1.165, 1.54) is 35.0 Å². The Balaban J connectivity index is 1.42. The van der Waals surface area contributed by atoms with E-state index in [-0.39, 0.29) is 29.6 Å². The number of nitrogens with zero attached hydrogens (tertiary/aromatic N) is 5. The first kappa shape index (κ1) is 29.6. The SMILES string of the molecule is Cc1ccc(-c2nc(-c3ccc(OC(F)(F)F)cc3)no2)c(=O)n1Cc1cc[n+](OC(=O)C(F)(F)F)c(N2CCCC2)c1. The van der Waals surface area contributed by atoms with Crippen molar-refractivity contribution in [1.82, 2.24) is 14.7 Å². The summed E-state index contributed by atoms with van der Waals surface area (Å²) in [7, 11) is 0. The van der Waals surface area contributed by atoms with E-state index in [9.17, 15) is 35.9 Å². The highest BCUT2D eigenvalue weighted by atomic mass is 19.4. The van der Waals surface area contributed by atoms with Crippen LogP contribution in [0.25, 0.3) is 22.8 Å². The Morgan fingerprint density at radius 1 is 1.02 bits per heavy atom. The molecule has 0 saturated carbocycles. The third-order valence-electron chi connectivity index (χ3n) is 6.54. The van der Waals surface area contributed by atoms with E-state index in [0.29, 0.717) is 29.9 Å². The number of ether oxygens (including phenoxy) is 1. The van der Waals surface area contributed by atoms with Crippen molar-refractivity contribution in [2.75, 3.05) is 18.0 Å². The number of halogens is 6. The van der Waals surface area contributed by atoms with E-state index in [0.717, 1.165) is 29.7 Å². The molecule has 10 nitrogen and oxygen atoms in total. The average Bonchev–Trinajstić information content (AvgIpc) is 3.64. The van der Waals surface area contributed by atoms with Gasteiger partial charge < -0.3 is 13.8 Å². The summed E-state index contributed by atoms with van der Waals surface area (Å²) in [6.45, 7) is 2.78. The van der Waals surface area contributed by atoms with Crippen LogP contribution in [0.3, 0.4) is 0 Å². The number of aromatic nitrogens is 4. The predicted molar refractivity (Wildman–Crippen MR) is 136 cm³/mol. The van der Waals surface area contributed by atoms with Crippen LogP contribution in [0.1, 0.15) is 24.1 Å². The van der Waals surface area contributed by atoms with Gasteiger partial charge in [0.15, 0.2) is 0 Å². The lowest BCUT2D eigenvalue weighted by Gasteiger charge is -2.16. The number of benzene rings is 1. The third kappa shape index (κ3) is 6.79. The number of rotatable bonds is 7. The lowest BCUT2D eigenvalue weighted by atomic mass is 10.2. The fourth-order valence-corrected chi connectivity index (χ4v) is 4.48.